The van der Waals surface area contributed by atoms with E-state index in [1.54, 1.807) is 7.11 Å². The van der Waals surface area contributed by atoms with Crippen molar-refractivity contribution in [2.75, 3.05) is 13.7 Å². The van der Waals surface area contributed by atoms with Crippen molar-refractivity contribution in [1.29, 1.82) is 0 Å². The van der Waals surface area contributed by atoms with E-state index >= 15 is 0 Å². The van der Waals surface area contributed by atoms with Gasteiger partial charge in [-0.2, -0.15) is 0 Å². The number of nitrogens with zero attached hydrogens (tertiary/aromatic N) is 1. The molecule has 0 atom stereocenters. The van der Waals surface area contributed by atoms with Gasteiger partial charge in [0.1, 0.15) is 11.5 Å². The molecule has 0 aliphatic rings. The summed E-state index contributed by atoms with van der Waals surface area (Å²) >= 11 is 0. The molecule has 0 bridgehead atoms. The molecule has 0 unspecified atom stereocenters. The maximum atomic E-state index is 11.8. The largest absolute Gasteiger partial charge is 0.497 e. The molecule has 1 amide bonds. The second-order valence-corrected chi connectivity index (χ2v) is 4.55. The van der Waals surface area contributed by atoms with Crippen molar-refractivity contribution in [3.05, 3.63) is 47.3 Å². The monoisotopic (exact) mass is 274 g/mol. The molecule has 1 aromatic carbocycles. The number of hydrogen-bond donors (Lipinski definition) is 1. The van der Waals surface area contributed by atoms with E-state index in [1.165, 1.54) is 0 Å². The molecule has 2 aromatic rings. The molecule has 0 saturated heterocycles. The smallest absolute Gasteiger partial charge is 0.224 e. The fourth-order valence-corrected chi connectivity index (χ4v) is 1.86. The fourth-order valence-electron chi connectivity index (χ4n) is 1.86. The lowest BCUT2D eigenvalue weighted by molar-refractivity contribution is -0.120. The highest BCUT2D eigenvalue weighted by atomic mass is 16.5. The van der Waals surface area contributed by atoms with Crippen LogP contribution in [0.25, 0.3) is 0 Å². The van der Waals surface area contributed by atoms with Crippen molar-refractivity contribution in [1.82, 2.24) is 10.5 Å². The number of rotatable bonds is 6. The van der Waals surface area contributed by atoms with Gasteiger partial charge < -0.3 is 14.6 Å². The molecule has 0 aliphatic heterocycles. The Hall–Kier alpha value is -2.30. The number of carbonyl (C=O) groups excluding carboxylic acids is 1. The predicted octanol–water partition coefficient (Wildman–Crippen LogP) is 1.89. The van der Waals surface area contributed by atoms with E-state index < -0.39 is 0 Å². The van der Waals surface area contributed by atoms with Crippen molar-refractivity contribution in [3.8, 4) is 5.75 Å². The number of ether oxygens (including phenoxy) is 1. The Labute approximate surface area is 117 Å². The first-order valence-electron chi connectivity index (χ1n) is 6.49. The van der Waals surface area contributed by atoms with Crippen LogP contribution in [0, 0.1) is 6.92 Å². The molecule has 0 saturated carbocycles. The zero-order chi connectivity index (χ0) is 14.4. The van der Waals surface area contributed by atoms with Crippen LogP contribution >= 0.6 is 0 Å². The first kappa shape index (κ1) is 14.1. The number of carbonyl (C=O) groups is 1. The van der Waals surface area contributed by atoms with Crippen LogP contribution in [-0.2, 0) is 17.6 Å². The van der Waals surface area contributed by atoms with Crippen molar-refractivity contribution >= 4 is 5.91 Å². The summed E-state index contributed by atoms with van der Waals surface area (Å²) in [5, 5.41) is 6.74. The van der Waals surface area contributed by atoms with Gasteiger partial charge in [0.25, 0.3) is 0 Å². The summed E-state index contributed by atoms with van der Waals surface area (Å²) in [5.41, 5.74) is 1.81. The predicted molar refractivity (Wildman–Crippen MR) is 74.7 cm³/mol. The van der Waals surface area contributed by atoms with Gasteiger partial charge in [-0.05, 0) is 24.6 Å². The van der Waals surface area contributed by atoms with Crippen LogP contribution < -0.4 is 10.1 Å². The average Bonchev–Trinajstić information content (AvgIpc) is 2.85. The SMILES string of the molecule is COc1ccc(CC(=O)NCCc2cc(C)on2)cc1. The minimum Gasteiger partial charge on any atom is -0.497 e. The summed E-state index contributed by atoms with van der Waals surface area (Å²) in [5.74, 6) is 1.57. The van der Waals surface area contributed by atoms with Gasteiger partial charge in [0.15, 0.2) is 0 Å². The highest BCUT2D eigenvalue weighted by Crippen LogP contribution is 2.11. The van der Waals surface area contributed by atoms with Gasteiger partial charge in [0.05, 0.1) is 19.2 Å². The average molecular weight is 274 g/mol. The minimum absolute atomic E-state index is 0.00427. The van der Waals surface area contributed by atoms with Gasteiger partial charge in [-0.15, -0.1) is 0 Å². The number of benzene rings is 1. The van der Waals surface area contributed by atoms with Crippen LogP contribution in [0.15, 0.2) is 34.9 Å². The van der Waals surface area contributed by atoms with E-state index in [2.05, 4.69) is 10.5 Å². The number of aromatic nitrogens is 1. The Morgan fingerprint density at radius 3 is 2.70 bits per heavy atom. The number of aryl methyl sites for hydroxylation is 1. The maximum absolute atomic E-state index is 11.8. The molecule has 1 N–H and O–H groups in total. The second-order valence-electron chi connectivity index (χ2n) is 4.55. The Morgan fingerprint density at radius 1 is 1.35 bits per heavy atom. The summed E-state index contributed by atoms with van der Waals surface area (Å²) in [6.07, 6.45) is 1.04. The highest BCUT2D eigenvalue weighted by Gasteiger charge is 2.05. The normalized spacial score (nSPS) is 10.3. The van der Waals surface area contributed by atoms with Crippen molar-refractivity contribution < 1.29 is 14.1 Å². The van der Waals surface area contributed by atoms with Gasteiger partial charge in [-0.25, -0.2) is 0 Å². The van der Waals surface area contributed by atoms with Crippen LogP contribution in [0.1, 0.15) is 17.0 Å². The third kappa shape index (κ3) is 4.12. The number of hydrogen-bond acceptors (Lipinski definition) is 4. The lowest BCUT2D eigenvalue weighted by Crippen LogP contribution is -2.27. The second kappa shape index (κ2) is 6.75. The van der Waals surface area contributed by atoms with E-state index in [0.29, 0.717) is 19.4 Å². The summed E-state index contributed by atoms with van der Waals surface area (Å²) in [6, 6.07) is 9.34. The van der Waals surface area contributed by atoms with E-state index in [1.807, 2.05) is 37.3 Å². The topological polar surface area (TPSA) is 64.4 Å². The third-order valence-electron chi connectivity index (χ3n) is 2.90. The lowest BCUT2D eigenvalue weighted by atomic mass is 10.1. The fraction of sp³-hybridized carbons (Fsp3) is 0.333. The molecule has 0 radical (unpaired) electrons. The molecular weight excluding hydrogens is 256 g/mol. The van der Waals surface area contributed by atoms with E-state index in [9.17, 15) is 4.79 Å². The van der Waals surface area contributed by atoms with E-state index in [4.69, 9.17) is 9.26 Å². The van der Waals surface area contributed by atoms with Gasteiger partial charge >= 0.3 is 0 Å². The summed E-state index contributed by atoms with van der Waals surface area (Å²) in [4.78, 5) is 11.8. The molecule has 2 rings (SSSR count). The Morgan fingerprint density at radius 2 is 2.10 bits per heavy atom. The summed E-state index contributed by atoms with van der Waals surface area (Å²) < 4.78 is 10.0. The zero-order valence-electron chi connectivity index (χ0n) is 11.7. The summed E-state index contributed by atoms with van der Waals surface area (Å²) in [6.45, 7) is 2.40. The maximum Gasteiger partial charge on any atom is 0.224 e. The standard InChI is InChI=1S/C15H18N2O3/c1-11-9-13(17-20-11)7-8-16-15(18)10-12-3-5-14(19-2)6-4-12/h3-6,9H,7-8,10H2,1-2H3,(H,16,18). The molecule has 106 valence electrons. The van der Waals surface area contributed by atoms with Crippen molar-refractivity contribution in [2.45, 2.75) is 19.8 Å². The van der Waals surface area contributed by atoms with Crippen LogP contribution in [0.4, 0.5) is 0 Å². The van der Waals surface area contributed by atoms with Crippen LogP contribution in [-0.4, -0.2) is 24.7 Å². The highest BCUT2D eigenvalue weighted by molar-refractivity contribution is 5.78. The molecule has 0 aliphatic carbocycles. The molecule has 1 heterocycles. The molecular formula is C15H18N2O3. The van der Waals surface area contributed by atoms with Crippen LogP contribution in [0.3, 0.4) is 0 Å². The first-order valence-corrected chi connectivity index (χ1v) is 6.49. The van der Waals surface area contributed by atoms with Gasteiger partial charge in [0, 0.05) is 19.0 Å². The van der Waals surface area contributed by atoms with Gasteiger partial charge in [-0.1, -0.05) is 17.3 Å². The van der Waals surface area contributed by atoms with Crippen molar-refractivity contribution in [3.63, 3.8) is 0 Å². The molecule has 5 heteroatoms. The first-order chi connectivity index (χ1) is 9.67. The molecule has 5 nitrogen and oxygen atoms in total. The molecule has 0 spiro atoms. The molecule has 20 heavy (non-hydrogen) atoms. The quantitative estimate of drug-likeness (QED) is 0.873. The van der Waals surface area contributed by atoms with E-state index in [0.717, 1.165) is 22.8 Å². The minimum atomic E-state index is -0.00427. The Kier molecular flexibility index (Phi) is 4.76. The molecule has 1 aromatic heterocycles. The van der Waals surface area contributed by atoms with Gasteiger partial charge in [-0.3, -0.25) is 4.79 Å². The number of methoxy groups -OCH3 is 1. The number of nitrogens with one attached hydrogen (secondary N) is 1. The zero-order valence-corrected chi connectivity index (χ0v) is 11.7. The van der Waals surface area contributed by atoms with Crippen molar-refractivity contribution in [2.24, 2.45) is 0 Å². The Bertz CT molecular complexity index is 561. The third-order valence-corrected chi connectivity index (χ3v) is 2.90. The van der Waals surface area contributed by atoms with Crippen LogP contribution in [0.2, 0.25) is 0 Å². The van der Waals surface area contributed by atoms with Crippen LogP contribution in [0.5, 0.6) is 5.75 Å². The van der Waals surface area contributed by atoms with E-state index in [-0.39, 0.29) is 5.91 Å². The Balaban J connectivity index is 1.74. The lowest BCUT2D eigenvalue weighted by Gasteiger charge is -2.05. The number of amides is 1. The summed E-state index contributed by atoms with van der Waals surface area (Å²) in [7, 11) is 1.62. The molecule has 0 fully saturated rings. The van der Waals surface area contributed by atoms with Gasteiger partial charge in [0.2, 0.25) is 5.91 Å².